The van der Waals surface area contributed by atoms with Crippen LogP contribution in [0.15, 0.2) is 11.5 Å². The fourth-order valence-electron chi connectivity index (χ4n) is 0.133. The van der Waals surface area contributed by atoms with Gasteiger partial charge in [0.2, 0.25) is 0 Å². The lowest BCUT2D eigenvalue weighted by Crippen LogP contribution is -1.35. The highest BCUT2D eigenvalue weighted by atomic mass is 33.8. The van der Waals surface area contributed by atoms with Crippen molar-refractivity contribution in [3.05, 3.63) is 11.5 Å². The molecule has 0 aliphatic heterocycles. The highest BCUT2D eigenvalue weighted by Crippen LogP contribution is 2.47. The topological polar surface area (TPSA) is 0 Å². The minimum atomic E-state index is 1.76. The highest BCUT2D eigenvalue weighted by Gasteiger charge is 1.85. The van der Waals surface area contributed by atoms with Gasteiger partial charge in [0.25, 0.3) is 0 Å². The summed E-state index contributed by atoms with van der Waals surface area (Å²) in [6.07, 6.45) is 4.13. The molecular weight excluding hydrogens is 208 g/mol. The van der Waals surface area contributed by atoms with Gasteiger partial charge in [0.15, 0.2) is 0 Å². The van der Waals surface area contributed by atoms with Gasteiger partial charge in [0.05, 0.1) is 0 Å². The van der Waals surface area contributed by atoms with Crippen molar-refractivity contribution >= 4 is 51.1 Å². The van der Waals surface area contributed by atoms with Crippen LogP contribution in [-0.2, 0) is 0 Å². The average Bonchev–Trinajstić information content (AvgIpc) is 1.89. The lowest BCUT2D eigenvalue weighted by Gasteiger charge is -1.89. The molecule has 0 aromatic rings. The largest absolute Gasteiger partial charge is 0.0851 e. The van der Waals surface area contributed by atoms with E-state index in [9.17, 15) is 0 Å². The molecule has 5 heteroatoms. The molecule has 0 N–H and O–H groups in total. The van der Waals surface area contributed by atoms with Gasteiger partial charge >= 0.3 is 0 Å². The first-order chi connectivity index (χ1) is 4.41. The molecule has 0 fully saturated rings. The van der Waals surface area contributed by atoms with Gasteiger partial charge < -0.3 is 0 Å². The van der Waals surface area contributed by atoms with E-state index < -0.39 is 0 Å². The Hall–Kier alpha value is 1.49. The zero-order valence-electron chi connectivity index (χ0n) is 5.20. The van der Waals surface area contributed by atoms with Crippen LogP contribution in [0.1, 0.15) is 6.92 Å². The molecule has 0 heterocycles. The first-order valence-electron chi connectivity index (χ1n) is 2.22. The van der Waals surface area contributed by atoms with Gasteiger partial charge in [-0.25, -0.2) is 0 Å². The quantitative estimate of drug-likeness (QED) is 0.489. The normalized spacial score (nSPS) is 10.9. The van der Waals surface area contributed by atoms with Crippen molar-refractivity contribution in [3.8, 4) is 0 Å². The lowest BCUT2D eigenvalue weighted by molar-refractivity contribution is 1.79. The van der Waals surface area contributed by atoms with Crippen molar-refractivity contribution in [1.29, 1.82) is 0 Å². The Morgan fingerprint density at radius 3 is 2.44 bits per heavy atom. The van der Waals surface area contributed by atoms with E-state index in [2.05, 4.69) is 11.7 Å². The van der Waals surface area contributed by atoms with Crippen molar-refractivity contribution in [1.82, 2.24) is 0 Å². The van der Waals surface area contributed by atoms with E-state index in [0.29, 0.717) is 0 Å². The Morgan fingerprint density at radius 1 is 1.11 bits per heavy atom. The maximum absolute atomic E-state index is 2.08. The van der Waals surface area contributed by atoms with E-state index >= 15 is 0 Å². The minimum absolute atomic E-state index is 1.76. The Bertz CT molecular complexity index is 71.4. The third-order valence-electron chi connectivity index (χ3n) is 0.355. The lowest BCUT2D eigenvalue weighted by atomic mass is 10.8. The first kappa shape index (κ1) is 10.5. The van der Waals surface area contributed by atoms with Gasteiger partial charge in [0.1, 0.15) is 0 Å². The van der Waals surface area contributed by atoms with Crippen molar-refractivity contribution in [2.45, 2.75) is 6.92 Å². The van der Waals surface area contributed by atoms with Crippen LogP contribution >= 0.6 is 51.1 Å². The van der Waals surface area contributed by atoms with Gasteiger partial charge in [-0.2, -0.15) is 0 Å². The van der Waals surface area contributed by atoms with Crippen molar-refractivity contribution < 1.29 is 0 Å². The molecule has 0 bridgehead atoms. The molecule has 0 nitrogen and oxygen atoms in total. The minimum Gasteiger partial charge on any atom is -0.0851 e. The molecule has 0 spiro atoms. The predicted molar refractivity (Wildman–Crippen MR) is 58.7 cm³/mol. The summed E-state index contributed by atoms with van der Waals surface area (Å²) in [6, 6.07) is 0. The number of rotatable bonds is 5. The van der Waals surface area contributed by atoms with E-state index in [-0.39, 0.29) is 0 Å². The summed E-state index contributed by atoms with van der Waals surface area (Å²) >= 11 is 0. The molecule has 0 amide bonds. The smallest absolute Gasteiger partial charge is 0.00140 e. The summed E-state index contributed by atoms with van der Waals surface area (Å²) in [4.78, 5) is 0. The van der Waals surface area contributed by atoms with E-state index in [0.717, 1.165) is 0 Å². The van der Waals surface area contributed by atoms with Gasteiger partial charge in [-0.3, -0.25) is 0 Å². The summed E-state index contributed by atoms with van der Waals surface area (Å²) in [6.45, 7) is 2.03. The molecule has 0 saturated carbocycles. The molecule has 0 saturated heterocycles. The summed E-state index contributed by atoms with van der Waals surface area (Å²) < 4.78 is 0. The molecule has 0 radical (unpaired) electrons. The predicted octanol–water partition coefficient (Wildman–Crippen LogP) is 4.48. The Morgan fingerprint density at radius 2 is 1.89 bits per heavy atom. The molecule has 0 aromatic carbocycles. The van der Waals surface area contributed by atoms with Gasteiger partial charge in [0, 0.05) is 0 Å². The van der Waals surface area contributed by atoms with Crippen LogP contribution in [0, 0.1) is 0 Å². The molecule has 0 aliphatic rings. The van der Waals surface area contributed by atoms with E-state index in [1.807, 2.05) is 13.0 Å². The van der Waals surface area contributed by atoms with Crippen LogP contribution in [0.5, 0.6) is 0 Å². The van der Waals surface area contributed by atoms with Crippen LogP contribution in [0.3, 0.4) is 0 Å². The van der Waals surface area contributed by atoms with Crippen LogP contribution < -0.4 is 0 Å². The van der Waals surface area contributed by atoms with E-state index in [1.165, 1.54) is 0 Å². The summed E-state index contributed by atoms with van der Waals surface area (Å²) in [5, 5.41) is 2.08. The molecule has 9 heavy (non-hydrogen) atoms. The molecule has 0 rings (SSSR count). The van der Waals surface area contributed by atoms with Crippen molar-refractivity contribution in [2.24, 2.45) is 0 Å². The molecule has 0 unspecified atom stereocenters. The third-order valence-corrected chi connectivity index (χ3v) is 8.31. The second-order valence-electron chi connectivity index (χ2n) is 0.936. The zero-order valence-corrected chi connectivity index (χ0v) is 9.28. The van der Waals surface area contributed by atoms with Gasteiger partial charge in [-0.1, -0.05) is 27.7 Å². The third kappa shape index (κ3) is 9.49. The van der Waals surface area contributed by atoms with E-state index in [1.54, 1.807) is 51.1 Å². The molecule has 54 valence electrons. The van der Waals surface area contributed by atoms with Gasteiger partial charge in [-0.15, -0.1) is 0 Å². The monoisotopic (exact) mass is 216 g/mol. The number of hydrogen-bond acceptors (Lipinski definition) is 5. The average molecular weight is 216 g/mol. The van der Waals surface area contributed by atoms with Crippen molar-refractivity contribution in [3.63, 3.8) is 0 Å². The van der Waals surface area contributed by atoms with Crippen LogP contribution in [-0.4, -0.2) is 6.26 Å². The fraction of sp³-hybridized carbons (Fsp3) is 0.500. The number of allylic oxidation sites excluding steroid dienone is 1. The van der Waals surface area contributed by atoms with Gasteiger partial charge in [-0.05, 0) is 48.1 Å². The molecular formula is C4H8S5. The Labute approximate surface area is 75.4 Å². The molecule has 0 aromatic heterocycles. The van der Waals surface area contributed by atoms with Crippen LogP contribution in [0.25, 0.3) is 0 Å². The van der Waals surface area contributed by atoms with Crippen LogP contribution in [0.2, 0.25) is 0 Å². The highest BCUT2D eigenvalue weighted by molar-refractivity contribution is 9.35. The second-order valence-corrected chi connectivity index (χ2v) is 8.62. The second kappa shape index (κ2) is 9.49. The standard InChI is InChI=1S/C4H8S5/c1-3-4-6-8-9-7-5-2/h3-4H,1-2H3. The molecule has 0 aliphatic carbocycles. The maximum atomic E-state index is 2.08. The van der Waals surface area contributed by atoms with E-state index in [4.69, 9.17) is 0 Å². The summed E-state index contributed by atoms with van der Waals surface area (Å²) in [5.74, 6) is 0. The summed E-state index contributed by atoms with van der Waals surface area (Å²) in [5.41, 5.74) is 0. The SMILES string of the molecule is CC=CSSSSSC. The van der Waals surface area contributed by atoms with Crippen LogP contribution in [0.4, 0.5) is 0 Å². The Balaban J connectivity index is 2.75. The molecule has 0 atom stereocenters. The Kier molecular flexibility index (Phi) is 11.1. The first-order valence-corrected chi connectivity index (χ1v) is 8.84. The maximum Gasteiger partial charge on any atom is -0.00140 e. The summed E-state index contributed by atoms with van der Waals surface area (Å²) in [7, 11) is 8.93. The van der Waals surface area contributed by atoms with Crippen molar-refractivity contribution in [2.75, 3.05) is 6.26 Å². The number of hydrogen-bond donors (Lipinski definition) is 0. The zero-order chi connectivity index (χ0) is 6.95. The fourth-order valence-corrected chi connectivity index (χ4v) is 7.42.